The Kier molecular flexibility index (Phi) is 4.34. The van der Waals surface area contributed by atoms with Crippen LogP contribution in [0.5, 0.6) is 0 Å². The number of aliphatic hydroxyl groups is 1. The third-order valence-corrected chi connectivity index (χ3v) is 3.29. The molecule has 1 N–H and O–H groups in total. The highest BCUT2D eigenvalue weighted by Gasteiger charge is 2.29. The van der Waals surface area contributed by atoms with Crippen LogP contribution in [0.1, 0.15) is 24.8 Å². The molecule has 18 heavy (non-hydrogen) atoms. The fourth-order valence-electron chi connectivity index (χ4n) is 2.28. The summed E-state index contributed by atoms with van der Waals surface area (Å²) in [4.78, 5) is 0. The van der Waals surface area contributed by atoms with Gasteiger partial charge in [0.05, 0.1) is 18.8 Å². The molecule has 0 amide bonds. The molecule has 0 bridgehead atoms. The molecular weight excluding hydrogens is 224 g/mol. The highest BCUT2D eigenvalue weighted by atomic mass is 16.5. The molecular formula is C16H20O2. The second kappa shape index (κ2) is 5.98. The zero-order chi connectivity index (χ0) is 12.8. The number of hydrogen-bond donors (Lipinski definition) is 1. The standard InChI is InChI=1S/C16H20O2/c1-2-14-9-6-10-16(17,11-14)13-18-12-15-7-4-3-5-8-15/h2-5,7-9,17H,1,6,10-13H2. The smallest absolute Gasteiger partial charge is 0.0923 e. The van der Waals surface area contributed by atoms with Crippen molar-refractivity contribution < 1.29 is 9.84 Å². The molecule has 2 heteroatoms. The third kappa shape index (κ3) is 3.56. The summed E-state index contributed by atoms with van der Waals surface area (Å²) in [5.41, 5.74) is 1.52. The van der Waals surface area contributed by atoms with Crippen LogP contribution >= 0.6 is 0 Å². The van der Waals surface area contributed by atoms with Crippen molar-refractivity contribution in [2.75, 3.05) is 6.61 Å². The molecule has 0 saturated carbocycles. The van der Waals surface area contributed by atoms with E-state index < -0.39 is 5.60 Å². The molecule has 1 aromatic rings. The number of benzene rings is 1. The fourth-order valence-corrected chi connectivity index (χ4v) is 2.28. The van der Waals surface area contributed by atoms with Gasteiger partial charge in [0, 0.05) is 6.42 Å². The monoisotopic (exact) mass is 244 g/mol. The maximum atomic E-state index is 10.4. The van der Waals surface area contributed by atoms with E-state index in [1.165, 1.54) is 0 Å². The first-order chi connectivity index (χ1) is 8.72. The van der Waals surface area contributed by atoms with E-state index >= 15 is 0 Å². The van der Waals surface area contributed by atoms with Gasteiger partial charge in [-0.25, -0.2) is 0 Å². The lowest BCUT2D eigenvalue weighted by atomic mass is 9.85. The van der Waals surface area contributed by atoms with Gasteiger partial charge < -0.3 is 9.84 Å². The van der Waals surface area contributed by atoms with Crippen LogP contribution in [0.25, 0.3) is 0 Å². The van der Waals surface area contributed by atoms with Crippen LogP contribution in [-0.4, -0.2) is 17.3 Å². The fraction of sp³-hybridized carbons (Fsp3) is 0.375. The molecule has 1 unspecified atom stereocenters. The Hall–Kier alpha value is -1.38. The molecule has 0 heterocycles. The molecule has 0 aliphatic heterocycles. The van der Waals surface area contributed by atoms with Crippen molar-refractivity contribution in [3.8, 4) is 0 Å². The largest absolute Gasteiger partial charge is 0.387 e. The minimum Gasteiger partial charge on any atom is -0.387 e. The Morgan fingerprint density at radius 1 is 1.33 bits per heavy atom. The quantitative estimate of drug-likeness (QED) is 0.861. The zero-order valence-electron chi connectivity index (χ0n) is 10.6. The van der Waals surface area contributed by atoms with Crippen LogP contribution in [0, 0.1) is 0 Å². The first kappa shape index (κ1) is 13.1. The van der Waals surface area contributed by atoms with Crippen molar-refractivity contribution in [2.24, 2.45) is 0 Å². The van der Waals surface area contributed by atoms with Crippen LogP contribution in [0.3, 0.4) is 0 Å². The summed E-state index contributed by atoms with van der Waals surface area (Å²) in [6.07, 6.45) is 6.26. The van der Waals surface area contributed by atoms with E-state index in [-0.39, 0.29) is 0 Å². The van der Waals surface area contributed by atoms with Crippen LogP contribution in [0.2, 0.25) is 0 Å². The van der Waals surface area contributed by atoms with E-state index in [4.69, 9.17) is 4.74 Å². The van der Waals surface area contributed by atoms with Crippen LogP contribution in [0.15, 0.2) is 54.6 Å². The van der Waals surface area contributed by atoms with E-state index in [9.17, 15) is 5.11 Å². The third-order valence-electron chi connectivity index (χ3n) is 3.29. The molecule has 1 atom stereocenters. The van der Waals surface area contributed by atoms with Gasteiger partial charge in [-0.15, -0.1) is 0 Å². The van der Waals surface area contributed by atoms with Gasteiger partial charge in [-0.05, 0) is 24.0 Å². The minimum atomic E-state index is -0.729. The molecule has 0 radical (unpaired) electrons. The Bertz CT molecular complexity index is 422. The second-order valence-electron chi connectivity index (χ2n) is 4.90. The molecule has 1 aromatic carbocycles. The first-order valence-corrected chi connectivity index (χ1v) is 6.37. The molecule has 0 aromatic heterocycles. The predicted molar refractivity (Wildman–Crippen MR) is 73.2 cm³/mol. The Morgan fingerprint density at radius 3 is 2.83 bits per heavy atom. The van der Waals surface area contributed by atoms with Crippen molar-refractivity contribution in [3.63, 3.8) is 0 Å². The molecule has 2 rings (SSSR count). The average Bonchev–Trinajstić information content (AvgIpc) is 2.40. The van der Waals surface area contributed by atoms with Gasteiger partial charge in [-0.1, -0.05) is 49.1 Å². The summed E-state index contributed by atoms with van der Waals surface area (Å²) >= 11 is 0. The lowest BCUT2D eigenvalue weighted by Gasteiger charge is -2.31. The maximum Gasteiger partial charge on any atom is 0.0923 e. The van der Waals surface area contributed by atoms with Gasteiger partial charge in [0.25, 0.3) is 0 Å². The van der Waals surface area contributed by atoms with Crippen molar-refractivity contribution in [1.29, 1.82) is 0 Å². The van der Waals surface area contributed by atoms with Gasteiger partial charge in [0.15, 0.2) is 0 Å². The van der Waals surface area contributed by atoms with E-state index in [0.717, 1.165) is 24.0 Å². The van der Waals surface area contributed by atoms with Gasteiger partial charge in [0.2, 0.25) is 0 Å². The van der Waals surface area contributed by atoms with Crippen molar-refractivity contribution >= 4 is 0 Å². The molecule has 1 aliphatic rings. The highest BCUT2D eigenvalue weighted by Crippen LogP contribution is 2.29. The highest BCUT2D eigenvalue weighted by molar-refractivity contribution is 5.21. The van der Waals surface area contributed by atoms with Crippen LogP contribution in [0.4, 0.5) is 0 Å². The Balaban J connectivity index is 1.83. The second-order valence-corrected chi connectivity index (χ2v) is 4.90. The topological polar surface area (TPSA) is 29.5 Å². The van der Waals surface area contributed by atoms with Gasteiger partial charge in [-0.3, -0.25) is 0 Å². The molecule has 1 aliphatic carbocycles. The zero-order valence-corrected chi connectivity index (χ0v) is 10.6. The van der Waals surface area contributed by atoms with Gasteiger partial charge in [0.1, 0.15) is 0 Å². The van der Waals surface area contributed by atoms with Crippen LogP contribution in [-0.2, 0) is 11.3 Å². The molecule has 0 fully saturated rings. The lowest BCUT2D eigenvalue weighted by molar-refractivity contribution is -0.0579. The van der Waals surface area contributed by atoms with E-state index in [2.05, 4.69) is 12.7 Å². The summed E-state index contributed by atoms with van der Waals surface area (Å²) in [6, 6.07) is 10.0. The molecule has 2 nitrogen and oxygen atoms in total. The van der Waals surface area contributed by atoms with E-state index in [0.29, 0.717) is 19.6 Å². The number of hydrogen-bond acceptors (Lipinski definition) is 2. The molecule has 0 spiro atoms. The van der Waals surface area contributed by atoms with Gasteiger partial charge >= 0.3 is 0 Å². The summed E-state index contributed by atoms with van der Waals surface area (Å²) in [5.74, 6) is 0. The van der Waals surface area contributed by atoms with Crippen molar-refractivity contribution in [1.82, 2.24) is 0 Å². The molecule has 96 valence electrons. The number of allylic oxidation sites excluding steroid dienone is 2. The Labute approximate surface area is 109 Å². The van der Waals surface area contributed by atoms with E-state index in [1.807, 2.05) is 36.4 Å². The first-order valence-electron chi connectivity index (χ1n) is 6.37. The normalized spacial score (nSPS) is 23.5. The summed E-state index contributed by atoms with van der Waals surface area (Å²) < 4.78 is 5.64. The summed E-state index contributed by atoms with van der Waals surface area (Å²) in [7, 11) is 0. The maximum absolute atomic E-state index is 10.4. The van der Waals surface area contributed by atoms with Crippen molar-refractivity contribution in [3.05, 3.63) is 60.2 Å². The number of ether oxygens (including phenoxy) is 1. The summed E-state index contributed by atoms with van der Waals surface area (Å²) in [6.45, 7) is 4.69. The minimum absolute atomic E-state index is 0.382. The van der Waals surface area contributed by atoms with E-state index in [1.54, 1.807) is 0 Å². The van der Waals surface area contributed by atoms with Crippen LogP contribution < -0.4 is 0 Å². The molecule has 0 saturated heterocycles. The number of rotatable bonds is 5. The lowest BCUT2D eigenvalue weighted by Crippen LogP contribution is -2.36. The Morgan fingerprint density at radius 2 is 2.11 bits per heavy atom. The SMILES string of the molecule is C=CC1=CCCC(O)(COCc2ccccc2)C1. The van der Waals surface area contributed by atoms with Gasteiger partial charge in [-0.2, -0.15) is 0 Å². The average molecular weight is 244 g/mol. The van der Waals surface area contributed by atoms with Crippen molar-refractivity contribution in [2.45, 2.75) is 31.5 Å². The predicted octanol–water partition coefficient (Wildman–Crippen LogP) is 3.23. The summed E-state index contributed by atoms with van der Waals surface area (Å²) in [5, 5.41) is 10.4.